The van der Waals surface area contributed by atoms with Gasteiger partial charge in [-0.2, -0.15) is 0 Å². The number of Topliss-reactive ketones (excluding diaryl/α,β-unsaturated/α-hetero) is 1. The minimum absolute atomic E-state index is 0.0824. The number of aromatic nitrogens is 3. The van der Waals surface area contributed by atoms with Crippen LogP contribution in [-0.4, -0.2) is 20.5 Å². The van der Waals surface area contributed by atoms with Crippen molar-refractivity contribution in [3.05, 3.63) is 114 Å². The van der Waals surface area contributed by atoms with E-state index in [-0.39, 0.29) is 11.0 Å². The fourth-order valence-electron chi connectivity index (χ4n) is 3.71. The van der Waals surface area contributed by atoms with E-state index in [0.717, 1.165) is 29.4 Å². The lowest BCUT2D eigenvalue weighted by Gasteiger charge is -2.17. The number of hydrogen-bond acceptors (Lipinski definition) is 4. The molecule has 3 aromatic carbocycles. The number of hydrogen-bond donors (Lipinski definition) is 0. The fourth-order valence-corrected chi connectivity index (χ4v) is 4.83. The molecule has 1 fully saturated rings. The zero-order chi connectivity index (χ0) is 21.0. The molecule has 0 bridgehead atoms. The summed E-state index contributed by atoms with van der Waals surface area (Å²) in [7, 11) is 0. The molecular weight excluding hydrogens is 402 g/mol. The van der Waals surface area contributed by atoms with E-state index in [1.165, 1.54) is 17.3 Å². The predicted molar refractivity (Wildman–Crippen MR) is 123 cm³/mol. The molecule has 0 unspecified atom stereocenters. The summed E-state index contributed by atoms with van der Waals surface area (Å²) in [5, 5.41) is 9.49. The van der Waals surface area contributed by atoms with Gasteiger partial charge in [0.25, 0.3) is 0 Å². The lowest BCUT2D eigenvalue weighted by atomic mass is 10.0. The van der Waals surface area contributed by atoms with Crippen LogP contribution in [0.5, 0.6) is 0 Å². The number of benzene rings is 3. The number of carbonyl (C=O) groups excluding carboxylic acids is 1. The first kappa shape index (κ1) is 19.8. The Hall–Kier alpha value is -3.18. The van der Waals surface area contributed by atoms with Crippen LogP contribution < -0.4 is 0 Å². The standard InChI is InChI=1S/C26H23N3OS/c30-23(20-12-6-2-7-13-20)24(21-14-8-3-9-15-21)31-26-28-27-25(22-16-17-22)29(26)18-19-10-4-1-5-11-19/h1-15,22,24H,16-18H2/t24-/m0/s1. The SMILES string of the molecule is O=C(c1ccccc1)[C@@H](Sc1nnc(C2CC2)n1Cc1ccccc1)c1ccccc1. The normalized spacial score (nSPS) is 14.3. The van der Waals surface area contributed by atoms with E-state index in [9.17, 15) is 4.79 Å². The van der Waals surface area contributed by atoms with Crippen LogP contribution in [0.4, 0.5) is 0 Å². The lowest BCUT2D eigenvalue weighted by molar-refractivity contribution is 0.0989. The third-order valence-electron chi connectivity index (χ3n) is 5.49. The minimum atomic E-state index is -0.380. The number of nitrogens with zero attached hydrogens (tertiary/aromatic N) is 3. The minimum Gasteiger partial charge on any atom is -0.301 e. The average Bonchev–Trinajstić information content (AvgIpc) is 3.61. The van der Waals surface area contributed by atoms with Crippen LogP contribution in [0.15, 0.2) is 96.2 Å². The van der Waals surface area contributed by atoms with Gasteiger partial charge in [0.05, 0.1) is 6.54 Å². The Morgan fingerprint density at radius 1 is 0.871 bits per heavy atom. The first-order valence-electron chi connectivity index (χ1n) is 10.6. The van der Waals surface area contributed by atoms with Gasteiger partial charge in [-0.15, -0.1) is 10.2 Å². The average molecular weight is 426 g/mol. The summed E-state index contributed by atoms with van der Waals surface area (Å²) in [6.45, 7) is 0.711. The van der Waals surface area contributed by atoms with Crippen molar-refractivity contribution in [1.82, 2.24) is 14.8 Å². The molecule has 1 aliphatic carbocycles. The van der Waals surface area contributed by atoms with Gasteiger partial charge in [-0.05, 0) is 24.0 Å². The zero-order valence-corrected chi connectivity index (χ0v) is 17.9. The molecule has 1 saturated carbocycles. The Morgan fingerprint density at radius 2 is 1.48 bits per heavy atom. The van der Waals surface area contributed by atoms with Gasteiger partial charge in [-0.3, -0.25) is 4.79 Å². The Bertz CT molecular complexity index is 1160. The van der Waals surface area contributed by atoms with E-state index in [1.807, 2.05) is 66.7 Å². The van der Waals surface area contributed by atoms with Gasteiger partial charge in [0, 0.05) is 11.5 Å². The van der Waals surface area contributed by atoms with Gasteiger partial charge in [0.2, 0.25) is 0 Å². The smallest absolute Gasteiger partial charge is 0.192 e. The van der Waals surface area contributed by atoms with E-state index in [0.29, 0.717) is 18.0 Å². The molecule has 1 heterocycles. The molecule has 1 aliphatic rings. The molecule has 1 atom stereocenters. The van der Waals surface area contributed by atoms with Crippen LogP contribution in [0.2, 0.25) is 0 Å². The molecule has 0 N–H and O–H groups in total. The molecule has 4 nitrogen and oxygen atoms in total. The van der Waals surface area contributed by atoms with E-state index >= 15 is 0 Å². The number of thioether (sulfide) groups is 1. The molecule has 0 spiro atoms. The van der Waals surface area contributed by atoms with Crippen molar-refractivity contribution >= 4 is 17.5 Å². The van der Waals surface area contributed by atoms with E-state index in [1.54, 1.807) is 0 Å². The summed E-state index contributed by atoms with van der Waals surface area (Å²) in [4.78, 5) is 13.5. The van der Waals surface area contributed by atoms with Crippen LogP contribution in [0.3, 0.4) is 0 Å². The second-order valence-electron chi connectivity index (χ2n) is 7.83. The monoisotopic (exact) mass is 425 g/mol. The van der Waals surface area contributed by atoms with Gasteiger partial charge < -0.3 is 4.57 Å². The Labute approximate surface area is 186 Å². The summed E-state index contributed by atoms with van der Waals surface area (Å²) >= 11 is 1.50. The van der Waals surface area contributed by atoms with Crippen molar-refractivity contribution in [3.8, 4) is 0 Å². The maximum absolute atomic E-state index is 13.5. The summed E-state index contributed by atoms with van der Waals surface area (Å²) in [5.74, 6) is 1.59. The van der Waals surface area contributed by atoms with Gasteiger partial charge in [-0.1, -0.05) is 103 Å². The second kappa shape index (κ2) is 8.90. The summed E-state index contributed by atoms with van der Waals surface area (Å²) in [6.07, 6.45) is 2.31. The van der Waals surface area contributed by atoms with Crippen LogP contribution in [0, 0.1) is 0 Å². The van der Waals surface area contributed by atoms with Crippen LogP contribution in [-0.2, 0) is 6.54 Å². The van der Waals surface area contributed by atoms with Crippen molar-refractivity contribution in [1.29, 1.82) is 0 Å². The van der Waals surface area contributed by atoms with Crippen molar-refractivity contribution in [2.24, 2.45) is 0 Å². The quantitative estimate of drug-likeness (QED) is 0.260. The van der Waals surface area contributed by atoms with Crippen LogP contribution >= 0.6 is 11.8 Å². The molecule has 5 heteroatoms. The topological polar surface area (TPSA) is 47.8 Å². The van der Waals surface area contributed by atoms with Gasteiger partial charge in [0.1, 0.15) is 11.1 Å². The first-order valence-corrected chi connectivity index (χ1v) is 11.5. The van der Waals surface area contributed by atoms with Gasteiger partial charge >= 0.3 is 0 Å². The highest BCUT2D eigenvalue weighted by atomic mass is 32.2. The lowest BCUT2D eigenvalue weighted by Crippen LogP contribution is -2.12. The number of ketones is 1. The van der Waals surface area contributed by atoms with Crippen molar-refractivity contribution in [2.45, 2.75) is 35.7 Å². The van der Waals surface area contributed by atoms with Gasteiger partial charge in [0.15, 0.2) is 10.9 Å². The molecule has 31 heavy (non-hydrogen) atoms. The molecule has 5 rings (SSSR count). The molecule has 0 radical (unpaired) electrons. The first-order chi connectivity index (χ1) is 15.3. The predicted octanol–water partition coefficient (Wildman–Crippen LogP) is 5.92. The third kappa shape index (κ3) is 4.47. The van der Waals surface area contributed by atoms with Crippen molar-refractivity contribution in [3.63, 3.8) is 0 Å². The fraction of sp³-hybridized carbons (Fsp3) is 0.192. The maximum Gasteiger partial charge on any atom is 0.192 e. The Kier molecular flexibility index (Phi) is 5.67. The molecule has 1 aromatic heterocycles. The van der Waals surface area contributed by atoms with E-state index in [2.05, 4.69) is 39.0 Å². The second-order valence-corrected chi connectivity index (χ2v) is 8.90. The van der Waals surface area contributed by atoms with Crippen LogP contribution in [0.25, 0.3) is 0 Å². The van der Waals surface area contributed by atoms with E-state index < -0.39 is 0 Å². The third-order valence-corrected chi connectivity index (χ3v) is 6.73. The molecule has 0 saturated heterocycles. The molecule has 154 valence electrons. The molecule has 4 aromatic rings. The highest BCUT2D eigenvalue weighted by Gasteiger charge is 2.32. The van der Waals surface area contributed by atoms with Crippen LogP contribution in [0.1, 0.15) is 51.3 Å². The molecule has 0 aliphatic heterocycles. The summed E-state index contributed by atoms with van der Waals surface area (Å²) < 4.78 is 2.20. The van der Waals surface area contributed by atoms with E-state index in [4.69, 9.17) is 0 Å². The highest BCUT2D eigenvalue weighted by molar-refractivity contribution is 8.00. The Morgan fingerprint density at radius 3 is 2.13 bits per heavy atom. The molecule has 0 amide bonds. The largest absolute Gasteiger partial charge is 0.301 e. The Balaban J connectivity index is 1.51. The number of carbonyl (C=O) groups is 1. The highest BCUT2D eigenvalue weighted by Crippen LogP contribution is 2.43. The zero-order valence-electron chi connectivity index (χ0n) is 17.1. The summed E-state index contributed by atoms with van der Waals surface area (Å²) in [5.41, 5.74) is 2.89. The van der Waals surface area contributed by atoms with Gasteiger partial charge in [-0.25, -0.2) is 0 Å². The molecular formula is C26H23N3OS. The summed E-state index contributed by atoms with van der Waals surface area (Å²) in [6, 6.07) is 29.8. The number of rotatable bonds is 8. The van der Waals surface area contributed by atoms with Crippen molar-refractivity contribution < 1.29 is 4.79 Å². The van der Waals surface area contributed by atoms with Crippen molar-refractivity contribution in [2.75, 3.05) is 0 Å². The maximum atomic E-state index is 13.5.